The maximum Gasteiger partial charge on any atom is 0.179 e. The number of ketones is 1. The van der Waals surface area contributed by atoms with Crippen molar-refractivity contribution < 1.29 is 28.5 Å². The molecule has 6 heteroatoms. The van der Waals surface area contributed by atoms with E-state index in [-0.39, 0.29) is 5.78 Å². The average molecular weight is 516 g/mol. The van der Waals surface area contributed by atoms with Gasteiger partial charge in [0, 0.05) is 20.3 Å². The molecule has 0 bridgehead atoms. The van der Waals surface area contributed by atoms with E-state index in [1.165, 1.54) is 14.2 Å². The summed E-state index contributed by atoms with van der Waals surface area (Å²) in [5.74, 6) is 0.795. The van der Waals surface area contributed by atoms with Crippen LogP contribution in [-0.2, 0) is 22.7 Å². The molecule has 4 aromatic rings. The molecule has 0 saturated heterocycles. The van der Waals surface area contributed by atoms with Crippen molar-refractivity contribution in [3.8, 4) is 17.2 Å². The van der Waals surface area contributed by atoms with Gasteiger partial charge in [0.05, 0.1) is 18.6 Å². The van der Waals surface area contributed by atoms with Gasteiger partial charge in [0.2, 0.25) is 0 Å². The van der Waals surface area contributed by atoms with Gasteiger partial charge in [-0.2, -0.15) is 0 Å². The van der Waals surface area contributed by atoms with E-state index in [9.17, 15) is 4.79 Å². The average Bonchev–Trinajstić information content (AvgIpc) is 2.98. The minimum Gasteiger partial charge on any atom is -0.497 e. The maximum atomic E-state index is 14.1. The molecule has 0 aliphatic carbocycles. The summed E-state index contributed by atoms with van der Waals surface area (Å²) in [5.41, 5.74) is 3.18. The third-order valence-corrected chi connectivity index (χ3v) is 6.20. The van der Waals surface area contributed by atoms with Crippen LogP contribution in [0, 0.1) is 0 Å². The fraction of sp³-hybridized carbons (Fsp3) is 0.219. The van der Waals surface area contributed by atoms with E-state index in [2.05, 4.69) is 0 Å². The van der Waals surface area contributed by atoms with Gasteiger partial charge in [-0.25, -0.2) is 0 Å². The molecule has 196 valence electrons. The summed E-state index contributed by atoms with van der Waals surface area (Å²) in [6.07, 6.45) is -0.799. The SMILES string of the molecule is COc1ccc([13CH]([13C](=O)c2ccc(OCc3ccccc3)cc2OCc2ccccc2)[13CH](OC)OC)cc1. The molecule has 0 spiro atoms. The molecule has 0 amide bonds. The largest absolute Gasteiger partial charge is 0.497 e. The molecule has 0 aliphatic heterocycles. The highest BCUT2D eigenvalue weighted by atomic mass is 16.8. The number of carbonyl (C=O) groups is 1. The molecule has 0 fully saturated rings. The van der Waals surface area contributed by atoms with Crippen molar-refractivity contribution in [2.24, 2.45) is 0 Å². The third kappa shape index (κ3) is 6.79. The normalized spacial score (nSPS) is 11.7. The molecule has 0 heterocycles. The molecule has 1 unspecified atom stereocenters. The summed E-state index contributed by atoms with van der Waals surface area (Å²) in [5, 5.41) is 0. The molecule has 38 heavy (non-hydrogen) atoms. The van der Waals surface area contributed by atoms with Crippen molar-refractivity contribution >= 4 is 5.78 Å². The number of rotatable bonds is 13. The minimum absolute atomic E-state index is 0.193. The van der Waals surface area contributed by atoms with Crippen LogP contribution < -0.4 is 14.2 Å². The van der Waals surface area contributed by atoms with Gasteiger partial charge in [-0.3, -0.25) is 4.79 Å². The topological polar surface area (TPSA) is 63.2 Å². The summed E-state index contributed by atoms with van der Waals surface area (Å²) < 4.78 is 28.6. The predicted octanol–water partition coefficient (Wildman–Crippen LogP) is 6.44. The first-order chi connectivity index (χ1) is 18.6. The molecule has 4 aromatic carbocycles. The molecule has 0 radical (unpaired) electrons. The summed E-state index contributed by atoms with van der Waals surface area (Å²) in [6, 6.07) is 32.3. The zero-order valence-corrected chi connectivity index (χ0v) is 21.8. The van der Waals surface area contributed by atoms with Crippen LogP contribution >= 0.6 is 0 Å². The standard InChI is InChI=1S/C32H32O6/c1-34-26-16-14-25(15-17-26)30(32(35-2)36-3)31(33)28-19-18-27(37-21-23-10-6-4-7-11-23)20-29(28)38-22-24-12-8-5-9-13-24/h4-20,30,32H,21-22H2,1-3H3/i30+1,31+1,32+1. The van der Waals surface area contributed by atoms with E-state index < -0.39 is 12.2 Å². The second kappa shape index (κ2) is 13.4. The van der Waals surface area contributed by atoms with Crippen molar-refractivity contribution in [2.75, 3.05) is 21.3 Å². The quantitative estimate of drug-likeness (QED) is 0.116. The lowest BCUT2D eigenvalue weighted by molar-refractivity contribution is -0.110. The fourth-order valence-electron chi connectivity index (χ4n) is 4.17. The maximum absolute atomic E-state index is 14.1. The molecular weight excluding hydrogens is 483 g/mol. The Morgan fingerprint density at radius 1 is 0.658 bits per heavy atom. The molecule has 1 atom stereocenters. The smallest absolute Gasteiger partial charge is 0.179 e. The van der Waals surface area contributed by atoms with E-state index in [0.717, 1.165) is 16.7 Å². The van der Waals surface area contributed by atoms with Gasteiger partial charge in [0.25, 0.3) is 0 Å². The summed E-state index contributed by atoms with van der Waals surface area (Å²) in [4.78, 5) is 14.1. The Morgan fingerprint density at radius 2 is 1.21 bits per heavy atom. The number of methoxy groups -OCH3 is 3. The van der Waals surface area contributed by atoms with E-state index >= 15 is 0 Å². The molecule has 0 aliphatic rings. The Bertz CT molecular complexity index is 1280. The highest BCUT2D eigenvalue weighted by Crippen LogP contribution is 2.34. The molecular formula is C32H32O6. The van der Waals surface area contributed by atoms with E-state index in [1.807, 2.05) is 84.9 Å². The Hall–Kier alpha value is -4.13. The first-order valence-electron chi connectivity index (χ1n) is 12.3. The van der Waals surface area contributed by atoms with Crippen molar-refractivity contribution in [1.82, 2.24) is 0 Å². The molecule has 6 nitrogen and oxygen atoms in total. The molecule has 0 N–H and O–H groups in total. The highest BCUT2D eigenvalue weighted by Gasteiger charge is 2.33. The van der Waals surface area contributed by atoms with E-state index in [0.29, 0.717) is 36.0 Å². The van der Waals surface area contributed by atoms with Gasteiger partial charge in [-0.15, -0.1) is 0 Å². The first-order valence-corrected chi connectivity index (χ1v) is 12.3. The van der Waals surface area contributed by atoms with Gasteiger partial charge in [-0.1, -0.05) is 72.8 Å². The Kier molecular flexibility index (Phi) is 9.51. The lowest BCUT2D eigenvalue weighted by Crippen LogP contribution is -2.30. The monoisotopic (exact) mass is 515 g/mol. The van der Waals surface area contributed by atoms with Crippen LogP contribution in [0.2, 0.25) is 0 Å². The van der Waals surface area contributed by atoms with Gasteiger partial charge >= 0.3 is 0 Å². The second-order valence-corrected chi connectivity index (χ2v) is 8.66. The second-order valence-electron chi connectivity index (χ2n) is 8.66. The van der Waals surface area contributed by atoms with Crippen LogP contribution in [0.1, 0.15) is 33.0 Å². The first kappa shape index (κ1) is 26.9. The van der Waals surface area contributed by atoms with Crippen LogP contribution in [0.4, 0.5) is 0 Å². The number of benzene rings is 4. The summed E-state index contributed by atoms with van der Waals surface area (Å²) in [6.45, 7) is 0.699. The number of hydrogen-bond acceptors (Lipinski definition) is 6. The number of Topliss-reactive ketones (excluding diaryl/α,β-unsaturated/α-hetero) is 1. The van der Waals surface area contributed by atoms with Gasteiger partial charge < -0.3 is 23.7 Å². The minimum atomic E-state index is -0.799. The molecule has 0 aromatic heterocycles. The van der Waals surface area contributed by atoms with E-state index in [4.69, 9.17) is 23.7 Å². The summed E-state index contributed by atoms with van der Waals surface area (Å²) >= 11 is 0. The number of hydrogen-bond donors (Lipinski definition) is 0. The Morgan fingerprint density at radius 3 is 1.76 bits per heavy atom. The molecule has 4 rings (SSSR count). The van der Waals surface area contributed by atoms with E-state index in [1.54, 1.807) is 25.3 Å². The Labute approximate surface area is 223 Å². The van der Waals surface area contributed by atoms with Crippen molar-refractivity contribution in [3.05, 3.63) is 125 Å². The van der Waals surface area contributed by atoms with Gasteiger partial charge in [0.1, 0.15) is 30.5 Å². The van der Waals surface area contributed by atoms with Crippen LogP contribution in [0.25, 0.3) is 0 Å². The van der Waals surface area contributed by atoms with Crippen LogP contribution in [0.5, 0.6) is 17.2 Å². The van der Waals surface area contributed by atoms with Crippen molar-refractivity contribution in [2.45, 2.75) is 25.4 Å². The highest BCUT2D eigenvalue weighted by molar-refractivity contribution is 6.03. The zero-order chi connectivity index (χ0) is 26.7. The lowest BCUT2D eigenvalue weighted by Gasteiger charge is -2.25. The van der Waals surface area contributed by atoms with Crippen molar-refractivity contribution in [1.29, 1.82) is 0 Å². The van der Waals surface area contributed by atoms with Gasteiger partial charge in [0.15, 0.2) is 12.1 Å². The van der Waals surface area contributed by atoms with Crippen LogP contribution in [-0.4, -0.2) is 33.4 Å². The third-order valence-electron chi connectivity index (χ3n) is 6.20. The van der Waals surface area contributed by atoms with Crippen LogP contribution in [0.15, 0.2) is 103 Å². The molecule has 0 saturated carbocycles. The number of carbonyl (C=O) groups excluding carboxylic acids is 1. The van der Waals surface area contributed by atoms with Gasteiger partial charge in [-0.05, 0) is 41.0 Å². The predicted molar refractivity (Wildman–Crippen MR) is 146 cm³/mol. The fourth-order valence-corrected chi connectivity index (χ4v) is 4.17. The summed E-state index contributed by atoms with van der Waals surface area (Å²) in [7, 11) is 4.64. The van der Waals surface area contributed by atoms with Crippen molar-refractivity contribution in [3.63, 3.8) is 0 Å². The van der Waals surface area contributed by atoms with Crippen LogP contribution in [0.3, 0.4) is 0 Å². The Balaban J connectivity index is 1.67. The lowest BCUT2D eigenvalue weighted by atomic mass is 10.2. The zero-order valence-electron chi connectivity index (χ0n) is 21.8. The number of ether oxygens (including phenoxy) is 5.